The third-order valence-electron chi connectivity index (χ3n) is 2.42. The quantitative estimate of drug-likeness (QED) is 0.648. The number of aromatic amines is 1. The molecule has 1 aromatic heterocycles. The molecule has 0 bridgehead atoms. The van der Waals surface area contributed by atoms with Gasteiger partial charge in [0.2, 0.25) is 0 Å². The molecule has 1 unspecified atom stereocenters. The van der Waals surface area contributed by atoms with Crippen LogP contribution in [-0.4, -0.2) is 28.3 Å². The van der Waals surface area contributed by atoms with Gasteiger partial charge in [-0.2, -0.15) is 5.10 Å². The molecule has 0 spiro atoms. The Hall–Kier alpha value is -0.900. The fourth-order valence-corrected chi connectivity index (χ4v) is 1.22. The zero-order valence-electron chi connectivity index (χ0n) is 9.08. The summed E-state index contributed by atoms with van der Waals surface area (Å²) in [5.41, 5.74) is 0. The summed E-state index contributed by atoms with van der Waals surface area (Å²) in [6.45, 7) is 6.67. The summed E-state index contributed by atoms with van der Waals surface area (Å²) in [5, 5.41) is 10.1. The average molecular weight is 196 g/mol. The van der Waals surface area contributed by atoms with E-state index < -0.39 is 0 Å². The van der Waals surface area contributed by atoms with Gasteiger partial charge in [-0.1, -0.05) is 20.3 Å². The highest BCUT2D eigenvalue weighted by Gasteiger charge is 1.98. The highest BCUT2D eigenvalue weighted by molar-refractivity contribution is 4.79. The van der Waals surface area contributed by atoms with Gasteiger partial charge in [0.25, 0.3) is 0 Å². The van der Waals surface area contributed by atoms with Crippen molar-refractivity contribution < 1.29 is 0 Å². The first kappa shape index (κ1) is 11.2. The SMILES string of the molecule is CCC(C)CNCCCc1ncn[nH]1. The molecule has 0 saturated heterocycles. The van der Waals surface area contributed by atoms with E-state index in [1.807, 2.05) is 0 Å². The molecule has 0 aliphatic rings. The van der Waals surface area contributed by atoms with Crippen LogP contribution in [0.15, 0.2) is 6.33 Å². The second-order valence-corrected chi connectivity index (χ2v) is 3.75. The highest BCUT2D eigenvalue weighted by atomic mass is 15.2. The second-order valence-electron chi connectivity index (χ2n) is 3.75. The van der Waals surface area contributed by atoms with E-state index in [-0.39, 0.29) is 0 Å². The summed E-state index contributed by atoms with van der Waals surface area (Å²) in [4.78, 5) is 4.07. The number of H-pyrrole nitrogens is 1. The molecule has 14 heavy (non-hydrogen) atoms. The average Bonchev–Trinajstić information content (AvgIpc) is 2.69. The van der Waals surface area contributed by atoms with Gasteiger partial charge in [0.1, 0.15) is 12.2 Å². The van der Waals surface area contributed by atoms with Crippen molar-refractivity contribution in [3.8, 4) is 0 Å². The zero-order valence-corrected chi connectivity index (χ0v) is 9.08. The Kier molecular flexibility index (Phi) is 5.22. The Bertz CT molecular complexity index is 220. The van der Waals surface area contributed by atoms with E-state index in [9.17, 15) is 0 Å². The summed E-state index contributed by atoms with van der Waals surface area (Å²) >= 11 is 0. The Morgan fingerprint density at radius 3 is 3.07 bits per heavy atom. The van der Waals surface area contributed by atoms with E-state index in [2.05, 4.69) is 34.3 Å². The van der Waals surface area contributed by atoms with Crippen LogP contribution in [0.5, 0.6) is 0 Å². The molecule has 0 amide bonds. The van der Waals surface area contributed by atoms with Crippen molar-refractivity contribution >= 4 is 0 Å². The molecule has 1 aromatic rings. The lowest BCUT2D eigenvalue weighted by Crippen LogP contribution is -2.22. The summed E-state index contributed by atoms with van der Waals surface area (Å²) in [6, 6.07) is 0. The fourth-order valence-electron chi connectivity index (χ4n) is 1.22. The largest absolute Gasteiger partial charge is 0.316 e. The smallest absolute Gasteiger partial charge is 0.137 e. The van der Waals surface area contributed by atoms with Gasteiger partial charge < -0.3 is 5.32 Å². The summed E-state index contributed by atoms with van der Waals surface area (Å²) in [5.74, 6) is 1.76. The van der Waals surface area contributed by atoms with Gasteiger partial charge >= 0.3 is 0 Å². The Balaban J connectivity index is 1.95. The predicted octanol–water partition coefficient (Wildman–Crippen LogP) is 1.37. The van der Waals surface area contributed by atoms with E-state index in [1.54, 1.807) is 6.33 Å². The van der Waals surface area contributed by atoms with Crippen LogP contribution in [0.2, 0.25) is 0 Å². The molecule has 4 heteroatoms. The topological polar surface area (TPSA) is 53.6 Å². The second kappa shape index (κ2) is 6.54. The van der Waals surface area contributed by atoms with Gasteiger partial charge in [-0.15, -0.1) is 0 Å². The van der Waals surface area contributed by atoms with E-state index in [4.69, 9.17) is 0 Å². The molecule has 0 aromatic carbocycles. The van der Waals surface area contributed by atoms with Crippen molar-refractivity contribution in [2.24, 2.45) is 5.92 Å². The maximum Gasteiger partial charge on any atom is 0.137 e. The molecular formula is C10H20N4. The Labute approximate surface area is 85.5 Å². The first-order chi connectivity index (χ1) is 6.83. The van der Waals surface area contributed by atoms with Crippen LogP contribution in [0, 0.1) is 5.92 Å². The lowest BCUT2D eigenvalue weighted by atomic mass is 10.1. The van der Waals surface area contributed by atoms with Crippen molar-refractivity contribution in [2.75, 3.05) is 13.1 Å². The highest BCUT2D eigenvalue weighted by Crippen LogP contribution is 1.97. The monoisotopic (exact) mass is 196 g/mol. The maximum atomic E-state index is 4.07. The molecule has 0 fully saturated rings. The van der Waals surface area contributed by atoms with E-state index in [0.29, 0.717) is 0 Å². The van der Waals surface area contributed by atoms with Gasteiger partial charge in [-0.05, 0) is 25.4 Å². The van der Waals surface area contributed by atoms with Gasteiger partial charge in [-0.3, -0.25) is 5.10 Å². The van der Waals surface area contributed by atoms with E-state index >= 15 is 0 Å². The van der Waals surface area contributed by atoms with Crippen LogP contribution in [0.3, 0.4) is 0 Å². The number of nitrogens with zero attached hydrogens (tertiary/aromatic N) is 2. The third-order valence-corrected chi connectivity index (χ3v) is 2.42. The number of rotatable bonds is 7. The fraction of sp³-hybridized carbons (Fsp3) is 0.800. The molecule has 80 valence electrons. The minimum Gasteiger partial charge on any atom is -0.316 e. The van der Waals surface area contributed by atoms with Gasteiger partial charge in [0.05, 0.1) is 0 Å². The number of aryl methyl sites for hydroxylation is 1. The van der Waals surface area contributed by atoms with Gasteiger partial charge in [0.15, 0.2) is 0 Å². The molecule has 4 nitrogen and oxygen atoms in total. The van der Waals surface area contributed by atoms with Gasteiger partial charge in [0, 0.05) is 6.42 Å². The Morgan fingerprint density at radius 1 is 1.57 bits per heavy atom. The van der Waals surface area contributed by atoms with Crippen LogP contribution < -0.4 is 5.32 Å². The Morgan fingerprint density at radius 2 is 2.43 bits per heavy atom. The number of aromatic nitrogens is 3. The molecule has 0 saturated carbocycles. The normalized spacial score (nSPS) is 13.0. The van der Waals surface area contributed by atoms with Crippen LogP contribution in [0.1, 0.15) is 32.5 Å². The van der Waals surface area contributed by atoms with Crippen molar-refractivity contribution in [3.63, 3.8) is 0 Å². The van der Waals surface area contributed by atoms with E-state index in [1.165, 1.54) is 6.42 Å². The minimum absolute atomic E-state index is 0.778. The number of hydrogen-bond acceptors (Lipinski definition) is 3. The van der Waals surface area contributed by atoms with Crippen molar-refractivity contribution in [3.05, 3.63) is 12.2 Å². The van der Waals surface area contributed by atoms with Crippen molar-refractivity contribution in [1.29, 1.82) is 0 Å². The summed E-state index contributed by atoms with van der Waals surface area (Å²) < 4.78 is 0. The van der Waals surface area contributed by atoms with E-state index in [0.717, 1.165) is 37.7 Å². The minimum atomic E-state index is 0.778. The number of nitrogens with one attached hydrogen (secondary N) is 2. The van der Waals surface area contributed by atoms with Crippen molar-refractivity contribution in [1.82, 2.24) is 20.5 Å². The van der Waals surface area contributed by atoms with Crippen molar-refractivity contribution in [2.45, 2.75) is 33.1 Å². The van der Waals surface area contributed by atoms with Crippen LogP contribution in [0.4, 0.5) is 0 Å². The summed E-state index contributed by atoms with van der Waals surface area (Å²) in [7, 11) is 0. The van der Waals surface area contributed by atoms with Crippen LogP contribution in [-0.2, 0) is 6.42 Å². The molecule has 1 heterocycles. The first-order valence-electron chi connectivity index (χ1n) is 5.38. The molecule has 1 atom stereocenters. The molecular weight excluding hydrogens is 176 g/mol. The zero-order chi connectivity index (χ0) is 10.2. The first-order valence-corrected chi connectivity index (χ1v) is 5.38. The van der Waals surface area contributed by atoms with Crippen LogP contribution >= 0.6 is 0 Å². The van der Waals surface area contributed by atoms with Crippen LogP contribution in [0.25, 0.3) is 0 Å². The number of hydrogen-bond donors (Lipinski definition) is 2. The maximum absolute atomic E-state index is 4.07. The lowest BCUT2D eigenvalue weighted by Gasteiger charge is -2.08. The summed E-state index contributed by atoms with van der Waals surface area (Å²) in [6.07, 6.45) is 4.90. The molecule has 2 N–H and O–H groups in total. The molecule has 1 rings (SSSR count). The molecule has 0 aliphatic carbocycles. The predicted molar refractivity (Wildman–Crippen MR) is 57.0 cm³/mol. The lowest BCUT2D eigenvalue weighted by molar-refractivity contribution is 0.494. The molecule has 0 radical (unpaired) electrons. The standard InChI is InChI=1S/C10H20N4/c1-3-9(2)7-11-6-4-5-10-12-8-13-14-10/h8-9,11H,3-7H2,1-2H3,(H,12,13,14). The third kappa shape index (κ3) is 4.37. The molecule has 0 aliphatic heterocycles. The van der Waals surface area contributed by atoms with Gasteiger partial charge in [-0.25, -0.2) is 4.98 Å².